The van der Waals surface area contributed by atoms with Crippen molar-refractivity contribution in [2.45, 2.75) is 32.4 Å². The average molecular weight is 499 g/mol. The SMILES string of the molecule is CCc1c(C(O)(c2ccccc2)c2ccccc2)cc2cc(Cl)c(C(=O)Nc3cnn(CC)c3)cn12. The Morgan fingerprint density at radius 3 is 2.19 bits per heavy atom. The fraction of sp³-hybridized carbons (Fsp3) is 0.172. The lowest BCUT2D eigenvalue weighted by molar-refractivity contribution is 0.102. The first-order valence-electron chi connectivity index (χ1n) is 12.0. The molecule has 1 amide bonds. The smallest absolute Gasteiger partial charge is 0.258 e. The van der Waals surface area contributed by atoms with E-state index in [4.69, 9.17) is 11.6 Å². The van der Waals surface area contributed by atoms with Gasteiger partial charge in [-0.2, -0.15) is 5.10 Å². The van der Waals surface area contributed by atoms with Gasteiger partial charge in [-0.05, 0) is 36.6 Å². The van der Waals surface area contributed by atoms with Crippen molar-refractivity contribution >= 4 is 28.7 Å². The first kappa shape index (κ1) is 23.9. The van der Waals surface area contributed by atoms with Crippen LogP contribution in [0, 0.1) is 0 Å². The number of amides is 1. The number of aliphatic hydroxyl groups is 1. The molecule has 5 aromatic rings. The summed E-state index contributed by atoms with van der Waals surface area (Å²) in [4.78, 5) is 13.1. The van der Waals surface area contributed by atoms with E-state index in [1.807, 2.05) is 85.0 Å². The summed E-state index contributed by atoms with van der Waals surface area (Å²) in [5, 5.41) is 19.8. The standard InChI is InChI=1S/C29H27ClN4O2/c1-3-27-25(29(36,20-11-7-5-8-12-20)21-13-9-6-10-14-21)15-23-16-26(30)24(19-34(23)27)28(35)32-22-17-31-33(4-2)18-22/h5-19,36H,3-4H2,1-2H3,(H,32,35). The van der Waals surface area contributed by atoms with Gasteiger partial charge in [0.1, 0.15) is 5.60 Å². The Labute approximate surface area is 214 Å². The molecule has 2 aromatic carbocycles. The third-order valence-corrected chi connectivity index (χ3v) is 6.84. The van der Waals surface area contributed by atoms with E-state index >= 15 is 0 Å². The maximum absolute atomic E-state index is 13.1. The maximum Gasteiger partial charge on any atom is 0.258 e. The Morgan fingerprint density at radius 1 is 1.00 bits per heavy atom. The van der Waals surface area contributed by atoms with Crippen LogP contribution in [0.5, 0.6) is 0 Å². The Bertz CT molecular complexity index is 1480. The second-order valence-electron chi connectivity index (χ2n) is 8.67. The van der Waals surface area contributed by atoms with Gasteiger partial charge in [0.2, 0.25) is 0 Å². The van der Waals surface area contributed by atoms with E-state index in [0.29, 0.717) is 29.2 Å². The summed E-state index contributed by atoms with van der Waals surface area (Å²) >= 11 is 6.59. The first-order valence-corrected chi connectivity index (χ1v) is 12.3. The van der Waals surface area contributed by atoms with E-state index in [1.54, 1.807) is 29.3 Å². The van der Waals surface area contributed by atoms with Crippen molar-refractivity contribution in [1.29, 1.82) is 0 Å². The summed E-state index contributed by atoms with van der Waals surface area (Å²) in [6.07, 6.45) is 5.77. The van der Waals surface area contributed by atoms with Gasteiger partial charge in [-0.3, -0.25) is 9.48 Å². The monoisotopic (exact) mass is 498 g/mol. The summed E-state index contributed by atoms with van der Waals surface area (Å²) in [5.41, 5.74) is 3.52. The number of hydrogen-bond acceptors (Lipinski definition) is 3. The van der Waals surface area contributed by atoms with Crippen molar-refractivity contribution in [3.8, 4) is 0 Å². The van der Waals surface area contributed by atoms with Gasteiger partial charge < -0.3 is 14.8 Å². The fourth-order valence-corrected chi connectivity index (χ4v) is 4.97. The summed E-state index contributed by atoms with van der Waals surface area (Å²) in [6, 6.07) is 23.0. The molecule has 182 valence electrons. The number of carbonyl (C=O) groups excluding carboxylic acids is 1. The molecule has 5 rings (SSSR count). The molecule has 3 heterocycles. The number of halogens is 1. The number of anilines is 1. The number of pyridine rings is 1. The second kappa shape index (κ2) is 9.64. The van der Waals surface area contributed by atoms with E-state index in [9.17, 15) is 9.90 Å². The zero-order valence-electron chi connectivity index (χ0n) is 20.1. The van der Waals surface area contributed by atoms with Gasteiger partial charge in [0.15, 0.2) is 0 Å². The zero-order valence-corrected chi connectivity index (χ0v) is 20.9. The van der Waals surface area contributed by atoms with Crippen LogP contribution in [0.1, 0.15) is 46.6 Å². The highest BCUT2D eigenvalue weighted by Gasteiger charge is 2.37. The molecule has 36 heavy (non-hydrogen) atoms. The molecule has 0 saturated heterocycles. The molecule has 0 aliphatic carbocycles. The van der Waals surface area contributed by atoms with Gasteiger partial charge in [-0.15, -0.1) is 0 Å². The lowest BCUT2D eigenvalue weighted by Gasteiger charge is -2.30. The van der Waals surface area contributed by atoms with Crippen molar-refractivity contribution in [2.24, 2.45) is 0 Å². The molecule has 0 radical (unpaired) electrons. The predicted octanol–water partition coefficient (Wildman–Crippen LogP) is 5.91. The van der Waals surface area contributed by atoms with Crippen molar-refractivity contribution in [3.63, 3.8) is 0 Å². The van der Waals surface area contributed by atoms with E-state index in [1.165, 1.54) is 0 Å². The molecule has 0 aliphatic heterocycles. The molecule has 7 heteroatoms. The molecule has 0 fully saturated rings. The van der Waals surface area contributed by atoms with E-state index in [0.717, 1.165) is 27.9 Å². The van der Waals surface area contributed by atoms with Crippen LogP contribution in [-0.4, -0.2) is 25.2 Å². The summed E-state index contributed by atoms with van der Waals surface area (Å²) in [5.74, 6) is -0.323. The van der Waals surface area contributed by atoms with E-state index in [2.05, 4.69) is 10.4 Å². The van der Waals surface area contributed by atoms with E-state index in [-0.39, 0.29) is 5.91 Å². The van der Waals surface area contributed by atoms with Crippen molar-refractivity contribution in [1.82, 2.24) is 14.2 Å². The molecule has 0 atom stereocenters. The number of aromatic nitrogens is 3. The number of benzene rings is 2. The molecule has 6 nitrogen and oxygen atoms in total. The number of carbonyl (C=O) groups is 1. The summed E-state index contributed by atoms with van der Waals surface area (Å²) in [6.45, 7) is 4.72. The van der Waals surface area contributed by atoms with Crippen LogP contribution >= 0.6 is 11.6 Å². The molecule has 0 aliphatic rings. The highest BCUT2D eigenvalue weighted by atomic mass is 35.5. The molecule has 0 unspecified atom stereocenters. The third-order valence-electron chi connectivity index (χ3n) is 6.53. The fourth-order valence-electron chi connectivity index (χ4n) is 4.73. The number of fused-ring (bicyclic) bond motifs is 1. The number of hydrogen-bond donors (Lipinski definition) is 2. The highest BCUT2D eigenvalue weighted by molar-refractivity contribution is 6.34. The highest BCUT2D eigenvalue weighted by Crippen LogP contribution is 2.40. The number of nitrogens with one attached hydrogen (secondary N) is 1. The Balaban J connectivity index is 1.65. The largest absolute Gasteiger partial charge is 0.376 e. The summed E-state index contributed by atoms with van der Waals surface area (Å²) < 4.78 is 3.68. The predicted molar refractivity (Wildman–Crippen MR) is 143 cm³/mol. The number of nitrogens with zero attached hydrogens (tertiary/aromatic N) is 3. The van der Waals surface area contributed by atoms with Crippen LogP contribution in [0.4, 0.5) is 5.69 Å². The lowest BCUT2D eigenvalue weighted by Crippen LogP contribution is -2.29. The minimum atomic E-state index is -1.39. The molecule has 0 saturated carbocycles. The third kappa shape index (κ3) is 4.08. The average Bonchev–Trinajstić information content (AvgIpc) is 3.52. The quantitative estimate of drug-likeness (QED) is 0.293. The molecule has 0 bridgehead atoms. The van der Waals surface area contributed by atoms with Crippen LogP contribution in [0.15, 0.2) is 91.4 Å². The molecule has 0 spiro atoms. The first-order chi connectivity index (χ1) is 17.5. The Kier molecular flexibility index (Phi) is 6.39. The van der Waals surface area contributed by atoms with Gasteiger partial charge in [0, 0.05) is 35.7 Å². The summed E-state index contributed by atoms with van der Waals surface area (Å²) in [7, 11) is 0. The van der Waals surface area contributed by atoms with Crippen molar-refractivity contribution < 1.29 is 9.90 Å². The minimum Gasteiger partial charge on any atom is -0.376 e. The zero-order chi connectivity index (χ0) is 25.3. The molecule has 2 N–H and O–H groups in total. The Hall–Kier alpha value is -3.87. The number of aryl methyl sites for hydroxylation is 2. The minimum absolute atomic E-state index is 0.323. The van der Waals surface area contributed by atoms with Crippen molar-refractivity contribution in [2.75, 3.05) is 5.32 Å². The second-order valence-corrected chi connectivity index (χ2v) is 9.08. The van der Waals surface area contributed by atoms with Crippen LogP contribution in [0.25, 0.3) is 5.52 Å². The molecular formula is C29H27ClN4O2. The topological polar surface area (TPSA) is 71.6 Å². The normalized spacial score (nSPS) is 11.7. The lowest BCUT2D eigenvalue weighted by atomic mass is 9.80. The van der Waals surface area contributed by atoms with Crippen molar-refractivity contribution in [3.05, 3.63) is 124 Å². The molecular weight excluding hydrogens is 472 g/mol. The van der Waals surface area contributed by atoms with Crippen LogP contribution < -0.4 is 5.32 Å². The van der Waals surface area contributed by atoms with Gasteiger partial charge in [0.25, 0.3) is 5.91 Å². The number of rotatable bonds is 7. The van der Waals surface area contributed by atoms with Crippen LogP contribution in [0.3, 0.4) is 0 Å². The van der Waals surface area contributed by atoms with Gasteiger partial charge in [0.05, 0.1) is 22.5 Å². The van der Waals surface area contributed by atoms with Crippen LogP contribution in [0.2, 0.25) is 5.02 Å². The maximum atomic E-state index is 13.1. The van der Waals surface area contributed by atoms with Gasteiger partial charge in [-0.1, -0.05) is 79.2 Å². The van der Waals surface area contributed by atoms with E-state index < -0.39 is 5.60 Å². The molecule has 3 aromatic heterocycles. The van der Waals surface area contributed by atoms with Gasteiger partial charge in [-0.25, -0.2) is 0 Å². The Morgan fingerprint density at radius 2 is 1.64 bits per heavy atom. The van der Waals surface area contributed by atoms with Gasteiger partial charge >= 0.3 is 0 Å². The van der Waals surface area contributed by atoms with Crippen LogP contribution in [-0.2, 0) is 18.6 Å².